The standard InChI is InChI=1S/C19H20Cl2F2NO3/c1-24-8-15(20)14(16(21)9-24)7-17(25)11-2-5-18(27-19(22)23)12(6-11)10-26-13-3-4-13/h2,5-6,8-9,13,17,19,25H,3-4,7,10H2,1H3/q+1/t17-/m0/s1. The third kappa shape index (κ3) is 5.51. The molecular formula is C19H20Cl2F2NO3+. The van der Waals surface area contributed by atoms with Crippen molar-refractivity contribution in [2.24, 2.45) is 7.05 Å². The molecule has 3 rings (SSSR count). The maximum absolute atomic E-state index is 12.6. The van der Waals surface area contributed by atoms with Crippen LogP contribution in [0.25, 0.3) is 0 Å². The zero-order chi connectivity index (χ0) is 19.6. The first-order valence-corrected chi connectivity index (χ1v) is 9.29. The molecule has 1 atom stereocenters. The molecule has 1 aromatic heterocycles. The van der Waals surface area contributed by atoms with Gasteiger partial charge in [0, 0.05) is 17.5 Å². The SMILES string of the molecule is C[n+]1cc(Cl)c(C[C@H](O)c2ccc(OC(F)F)c(COC3CC3)c2)c(Cl)c1. The van der Waals surface area contributed by atoms with E-state index >= 15 is 0 Å². The number of aliphatic hydroxyl groups is 1. The molecule has 1 N–H and O–H groups in total. The Morgan fingerprint density at radius 1 is 1.22 bits per heavy atom. The number of hydrogen-bond acceptors (Lipinski definition) is 3. The van der Waals surface area contributed by atoms with Crippen molar-refractivity contribution < 1.29 is 27.9 Å². The van der Waals surface area contributed by atoms with Crippen LogP contribution < -0.4 is 9.30 Å². The van der Waals surface area contributed by atoms with Crippen LogP contribution in [0.1, 0.15) is 35.6 Å². The number of halogens is 4. The Kier molecular flexibility index (Phi) is 6.52. The van der Waals surface area contributed by atoms with Gasteiger partial charge in [-0.25, -0.2) is 4.57 Å². The minimum absolute atomic E-state index is 0.0457. The summed E-state index contributed by atoms with van der Waals surface area (Å²) >= 11 is 12.5. The van der Waals surface area contributed by atoms with Crippen molar-refractivity contribution in [3.8, 4) is 5.75 Å². The Hall–Kier alpha value is -1.47. The van der Waals surface area contributed by atoms with E-state index in [2.05, 4.69) is 4.74 Å². The van der Waals surface area contributed by atoms with Gasteiger partial charge in [-0.2, -0.15) is 8.78 Å². The van der Waals surface area contributed by atoms with Gasteiger partial charge in [-0.05, 0) is 30.5 Å². The van der Waals surface area contributed by atoms with Gasteiger partial charge >= 0.3 is 6.61 Å². The van der Waals surface area contributed by atoms with Gasteiger partial charge in [0.15, 0.2) is 12.4 Å². The number of alkyl halides is 2. The first-order valence-electron chi connectivity index (χ1n) is 8.54. The molecule has 0 saturated heterocycles. The largest absolute Gasteiger partial charge is 0.434 e. The fourth-order valence-corrected chi connectivity index (χ4v) is 3.46. The number of hydrogen-bond donors (Lipinski definition) is 1. The molecule has 1 aromatic carbocycles. The lowest BCUT2D eigenvalue weighted by Gasteiger charge is -2.17. The van der Waals surface area contributed by atoms with E-state index in [4.69, 9.17) is 27.9 Å². The summed E-state index contributed by atoms with van der Waals surface area (Å²) in [5.74, 6) is 0.0457. The minimum Gasteiger partial charge on any atom is -0.434 e. The van der Waals surface area contributed by atoms with Crippen LogP contribution >= 0.6 is 23.2 Å². The van der Waals surface area contributed by atoms with Crippen LogP contribution in [0.5, 0.6) is 5.75 Å². The van der Waals surface area contributed by atoms with Crippen LogP contribution in [0, 0.1) is 0 Å². The van der Waals surface area contributed by atoms with Crippen LogP contribution in [-0.4, -0.2) is 17.8 Å². The molecule has 146 valence electrons. The zero-order valence-corrected chi connectivity index (χ0v) is 16.2. The summed E-state index contributed by atoms with van der Waals surface area (Å²) in [7, 11) is 1.80. The van der Waals surface area contributed by atoms with Gasteiger partial charge in [-0.3, -0.25) is 0 Å². The Morgan fingerprint density at radius 3 is 2.48 bits per heavy atom. The van der Waals surface area contributed by atoms with Gasteiger partial charge in [0.1, 0.15) is 22.8 Å². The predicted octanol–water partition coefficient (Wildman–Crippen LogP) is 4.37. The average Bonchev–Trinajstić information content (AvgIpc) is 3.40. The van der Waals surface area contributed by atoms with Gasteiger partial charge in [0.2, 0.25) is 0 Å². The Labute approximate surface area is 166 Å². The summed E-state index contributed by atoms with van der Waals surface area (Å²) in [6, 6.07) is 4.59. The third-order valence-corrected chi connectivity index (χ3v) is 4.94. The van der Waals surface area contributed by atoms with Gasteiger partial charge in [-0.1, -0.05) is 29.3 Å². The maximum Gasteiger partial charge on any atom is 0.387 e. The normalized spacial score (nSPS) is 15.2. The van der Waals surface area contributed by atoms with Crippen LogP contribution in [0.4, 0.5) is 8.78 Å². The van der Waals surface area contributed by atoms with Gasteiger partial charge in [0.25, 0.3) is 0 Å². The number of aryl methyl sites for hydroxylation is 1. The van der Waals surface area contributed by atoms with Gasteiger partial charge in [-0.15, -0.1) is 0 Å². The smallest absolute Gasteiger partial charge is 0.387 e. The topological polar surface area (TPSA) is 42.6 Å². The molecule has 1 saturated carbocycles. The molecule has 2 aromatic rings. The molecule has 1 aliphatic carbocycles. The van der Waals surface area contributed by atoms with Crippen LogP contribution in [0.2, 0.25) is 10.0 Å². The summed E-state index contributed by atoms with van der Waals surface area (Å²) in [6.07, 6.45) is 4.78. The lowest BCUT2D eigenvalue weighted by Crippen LogP contribution is -2.27. The molecule has 1 heterocycles. The van der Waals surface area contributed by atoms with E-state index in [0.717, 1.165) is 12.8 Å². The summed E-state index contributed by atoms with van der Waals surface area (Å²) in [6.45, 7) is -2.78. The highest BCUT2D eigenvalue weighted by molar-refractivity contribution is 6.35. The number of aliphatic hydroxyl groups excluding tert-OH is 1. The zero-order valence-electron chi connectivity index (χ0n) is 14.7. The predicted molar refractivity (Wildman–Crippen MR) is 97.2 cm³/mol. The Morgan fingerprint density at radius 2 is 1.89 bits per heavy atom. The molecule has 0 spiro atoms. The van der Waals surface area contributed by atoms with Crippen LogP contribution in [0.3, 0.4) is 0 Å². The van der Waals surface area contributed by atoms with Crippen molar-refractivity contribution in [1.82, 2.24) is 0 Å². The molecule has 0 aliphatic heterocycles. The average molecular weight is 419 g/mol. The number of pyridine rings is 1. The first kappa shape index (κ1) is 20.3. The van der Waals surface area contributed by atoms with E-state index in [0.29, 0.717) is 26.7 Å². The molecule has 1 aliphatic rings. The molecule has 0 amide bonds. The van der Waals surface area contributed by atoms with Gasteiger partial charge < -0.3 is 14.6 Å². The number of aromatic nitrogens is 1. The lowest BCUT2D eigenvalue weighted by atomic mass is 10.00. The Balaban J connectivity index is 1.81. The fraction of sp³-hybridized carbons (Fsp3) is 0.421. The maximum atomic E-state index is 12.6. The molecule has 4 nitrogen and oxygen atoms in total. The number of nitrogens with zero attached hydrogens (tertiary/aromatic N) is 1. The number of ether oxygens (including phenoxy) is 2. The minimum atomic E-state index is -2.93. The van der Waals surface area contributed by atoms with Crippen molar-refractivity contribution >= 4 is 23.2 Å². The lowest BCUT2D eigenvalue weighted by molar-refractivity contribution is -0.671. The van der Waals surface area contributed by atoms with E-state index in [9.17, 15) is 13.9 Å². The van der Waals surface area contributed by atoms with Crippen LogP contribution in [0.15, 0.2) is 30.6 Å². The monoisotopic (exact) mass is 418 g/mol. The second kappa shape index (κ2) is 8.69. The quantitative estimate of drug-likeness (QED) is 0.647. The van der Waals surface area contributed by atoms with E-state index in [1.807, 2.05) is 0 Å². The number of benzene rings is 1. The first-order chi connectivity index (χ1) is 12.8. The summed E-state index contributed by atoms with van der Waals surface area (Å²) in [5.41, 5.74) is 1.63. The van der Waals surface area contributed by atoms with Gasteiger partial charge in [0.05, 0.1) is 18.8 Å². The summed E-state index contributed by atoms with van der Waals surface area (Å²) in [4.78, 5) is 0. The molecular weight excluding hydrogens is 399 g/mol. The second-order valence-corrected chi connectivity index (χ2v) is 7.39. The summed E-state index contributed by atoms with van der Waals surface area (Å²) in [5, 5.41) is 11.5. The molecule has 8 heteroatoms. The van der Waals surface area contributed by atoms with E-state index in [1.165, 1.54) is 6.07 Å². The van der Waals surface area contributed by atoms with Crippen molar-refractivity contribution in [1.29, 1.82) is 0 Å². The fourth-order valence-electron chi connectivity index (χ4n) is 2.74. The molecule has 0 unspecified atom stereocenters. The van der Waals surface area contributed by atoms with E-state index < -0.39 is 12.7 Å². The highest BCUT2D eigenvalue weighted by Gasteiger charge is 2.24. The van der Waals surface area contributed by atoms with Crippen LogP contribution in [-0.2, 0) is 24.8 Å². The highest BCUT2D eigenvalue weighted by atomic mass is 35.5. The number of rotatable bonds is 8. The molecule has 1 fully saturated rings. The van der Waals surface area contributed by atoms with E-state index in [1.54, 1.807) is 36.1 Å². The van der Waals surface area contributed by atoms with Crippen molar-refractivity contribution in [3.05, 3.63) is 57.3 Å². The Bertz CT molecular complexity index is 793. The summed E-state index contributed by atoms with van der Waals surface area (Å²) < 4.78 is 37.2. The molecule has 0 bridgehead atoms. The van der Waals surface area contributed by atoms with Crippen molar-refractivity contribution in [3.63, 3.8) is 0 Å². The third-order valence-electron chi connectivity index (χ3n) is 4.29. The van der Waals surface area contributed by atoms with E-state index in [-0.39, 0.29) is 24.9 Å². The molecule has 0 radical (unpaired) electrons. The second-order valence-electron chi connectivity index (χ2n) is 6.57. The highest BCUT2D eigenvalue weighted by Crippen LogP contribution is 2.32. The van der Waals surface area contributed by atoms with Crippen molar-refractivity contribution in [2.45, 2.75) is 44.7 Å². The molecule has 27 heavy (non-hydrogen) atoms. The van der Waals surface area contributed by atoms with Crippen molar-refractivity contribution in [2.75, 3.05) is 0 Å².